The standard InChI is InChI=1S/C82H129N17O29S.CH6N2/c1-43(2)26-56(93-76(123)51(38-101)33-66(111)60(41-104)96-78(125)54(84)42-129)62(107)31-49(34-70(117)118)75(122)92-55(19-22-69(115)116)81(128)99-25-11-16-61(99)79(126)90-36-53(106)28-46(15-10-24-88-82(85)86)72(119)89-35-52(105)18-20-67(112)91-57(27-45-12-6-5-7-13-45)63(108)32-50(37-100)77(124)95-59(40-103)65(110)30-48(17-21-68(113)114)73(120)94-58(39-102)64(109)29-47(14-8-9-23-83)74(121)97-71(44(3)4)80(127)98-87;1-3-2/h5-7,12-13,43-44,46-51,54-61,71,100-104,129H,8-11,14-42,83-84,87H2,1-4H3,(H,89,119)(H,90,126)(H,91,112)(H,92,122)(H,93,123)(H,94,120)(H,95,124)(H,96,125)(H,97,121)(H,98,127)(H,113,114)(H,115,116)(H,117,118)(H4,85,86,88);3H,2H2,1H3/t46-,47-,48-,49+,50+,51+,54+,55+,56+,57+,58+,59+,60+,61+,71+;/m1./s1. The van der Waals surface area contributed by atoms with Gasteiger partial charge in [-0.1, -0.05) is 64.4 Å². The zero-order chi connectivity index (χ0) is 100. The van der Waals surface area contributed by atoms with Crippen molar-refractivity contribution in [1.82, 2.24) is 63.6 Å². The van der Waals surface area contributed by atoms with E-state index in [-0.39, 0.29) is 82.2 Å². The topological polar surface area (TPSA) is 824 Å². The molecule has 1 saturated heterocycles. The van der Waals surface area contributed by atoms with Crippen LogP contribution in [-0.2, 0) is 107 Å². The number of hydrogen-bond donors (Lipinski definition) is 26. The van der Waals surface area contributed by atoms with Crippen LogP contribution in [-0.4, -0.2) is 308 Å². The summed E-state index contributed by atoms with van der Waals surface area (Å²) in [6.45, 7) is 0.0423. The van der Waals surface area contributed by atoms with Gasteiger partial charge in [0.15, 0.2) is 46.4 Å². The summed E-state index contributed by atoms with van der Waals surface area (Å²) in [4.78, 5) is 286. The first kappa shape index (κ1) is 119. The Balaban J connectivity index is 0.0000286. The largest absolute Gasteiger partial charge is 0.481 e. The number of guanidine groups is 1. The maximum Gasteiger partial charge on any atom is 0.304 e. The third kappa shape index (κ3) is 45.7. The number of nitrogens with zero attached hydrogens (tertiary/aromatic N) is 2. The molecule has 31 N–H and O–H groups in total. The lowest BCUT2D eigenvalue weighted by molar-refractivity contribution is -0.145. The van der Waals surface area contributed by atoms with Crippen molar-refractivity contribution < 1.29 is 142 Å². The summed E-state index contributed by atoms with van der Waals surface area (Å²) in [5.41, 5.74) is 27.0. The average Bonchev–Trinajstić information content (AvgIpc) is 1.65. The van der Waals surface area contributed by atoms with Gasteiger partial charge >= 0.3 is 17.9 Å². The van der Waals surface area contributed by atoms with Crippen LogP contribution in [0.25, 0.3) is 0 Å². The van der Waals surface area contributed by atoms with Gasteiger partial charge in [0.2, 0.25) is 59.1 Å². The lowest BCUT2D eigenvalue weighted by Gasteiger charge is -2.29. The second kappa shape index (κ2) is 64.5. The van der Waals surface area contributed by atoms with Crippen molar-refractivity contribution in [2.24, 2.45) is 87.0 Å². The zero-order valence-electron chi connectivity index (χ0n) is 75.0. The molecule has 0 aromatic heterocycles. The number of unbranched alkanes of at least 4 members (excludes halogenated alkanes) is 1. The molecule has 48 nitrogen and oxygen atoms in total. The highest BCUT2D eigenvalue weighted by Gasteiger charge is 2.42. The van der Waals surface area contributed by atoms with E-state index in [1.165, 1.54) is 0 Å². The van der Waals surface area contributed by atoms with Gasteiger partial charge in [-0.15, -0.1) is 0 Å². The number of likely N-dealkylation sites (tertiary alicyclic amines) is 1. The number of aliphatic carboxylic acids is 3. The van der Waals surface area contributed by atoms with Gasteiger partial charge in [-0.05, 0) is 95.2 Å². The number of aliphatic imine (C=N–C) groups is 1. The molecule has 11 amide bonds. The van der Waals surface area contributed by atoms with Crippen LogP contribution in [0.3, 0.4) is 0 Å². The van der Waals surface area contributed by atoms with Crippen LogP contribution in [0.5, 0.6) is 0 Å². The number of nitrogens with two attached hydrogens (primary N) is 6. The fourth-order valence-electron chi connectivity index (χ4n) is 13.8. The molecule has 1 aliphatic rings. The highest BCUT2D eigenvalue weighted by molar-refractivity contribution is 7.80. The molecular weight excluding hydrogens is 1760 g/mol. The molecule has 0 bridgehead atoms. The average molecular weight is 1900 g/mol. The Kier molecular flexibility index (Phi) is 58.0. The number of Topliss-reactive ketones (excluding diaryl/α,β-unsaturated/α-hetero) is 7. The predicted octanol–water partition coefficient (Wildman–Crippen LogP) is -7.98. The molecule has 0 saturated carbocycles. The summed E-state index contributed by atoms with van der Waals surface area (Å²) in [6.07, 6.45) is -8.68. The Bertz CT molecular complexity index is 4050. The molecule has 132 heavy (non-hydrogen) atoms. The number of thiol groups is 1. The van der Waals surface area contributed by atoms with Crippen LogP contribution >= 0.6 is 12.6 Å². The van der Waals surface area contributed by atoms with Crippen molar-refractivity contribution in [3.63, 3.8) is 0 Å². The van der Waals surface area contributed by atoms with Gasteiger partial charge in [0.05, 0.1) is 88.4 Å². The van der Waals surface area contributed by atoms with E-state index in [1.807, 2.05) is 5.43 Å². The van der Waals surface area contributed by atoms with Gasteiger partial charge in [-0.2, -0.15) is 12.6 Å². The molecule has 15 atom stereocenters. The van der Waals surface area contributed by atoms with E-state index in [9.17, 15) is 142 Å². The number of benzene rings is 1. The molecule has 2 rings (SSSR count). The van der Waals surface area contributed by atoms with E-state index in [0.29, 0.717) is 18.4 Å². The predicted molar refractivity (Wildman–Crippen MR) is 473 cm³/mol. The quantitative estimate of drug-likeness (QED) is 0.00548. The van der Waals surface area contributed by atoms with E-state index < -0.39 is 349 Å². The van der Waals surface area contributed by atoms with Crippen molar-refractivity contribution in [3.8, 4) is 0 Å². The number of carbonyl (C=O) groups excluding carboxylic acids is 18. The fourth-order valence-corrected chi connectivity index (χ4v) is 14.0. The first-order valence-electron chi connectivity index (χ1n) is 43.2. The van der Waals surface area contributed by atoms with Gasteiger partial charge in [-0.25, -0.2) is 5.84 Å². The highest BCUT2D eigenvalue weighted by atomic mass is 32.1. The Hall–Kier alpha value is -11.3. The van der Waals surface area contributed by atoms with Crippen LogP contribution < -0.4 is 93.3 Å². The minimum absolute atomic E-state index is 0.0302. The number of rotatable bonds is 68. The number of carboxylic acids is 3. The third-order valence-electron chi connectivity index (χ3n) is 21.2. The summed E-state index contributed by atoms with van der Waals surface area (Å²) in [6, 6.07) is -5.37. The van der Waals surface area contributed by atoms with Crippen LogP contribution in [0.1, 0.15) is 168 Å². The molecular formula is C83H135N19O29S. The van der Waals surface area contributed by atoms with Crippen LogP contribution in [0.15, 0.2) is 35.3 Å². The van der Waals surface area contributed by atoms with E-state index >= 15 is 0 Å². The number of aliphatic hydroxyl groups is 5. The van der Waals surface area contributed by atoms with E-state index in [2.05, 4.69) is 76.7 Å². The maximum absolute atomic E-state index is 14.4. The number of carboxylic acid groups (broad SMARTS) is 3. The number of hydrogen-bond acceptors (Lipinski definition) is 33. The molecule has 0 radical (unpaired) electrons. The summed E-state index contributed by atoms with van der Waals surface area (Å²) in [7, 11) is 1.65. The second-order valence-corrected chi connectivity index (χ2v) is 33.0. The number of nitrogens with one attached hydrogen (secondary N) is 11. The molecule has 0 unspecified atom stereocenters. The van der Waals surface area contributed by atoms with Gasteiger partial charge < -0.3 is 117 Å². The van der Waals surface area contributed by atoms with E-state index in [0.717, 1.165) is 4.90 Å². The van der Waals surface area contributed by atoms with E-state index in [4.69, 9.17) is 28.8 Å². The van der Waals surface area contributed by atoms with Crippen molar-refractivity contribution in [2.75, 3.05) is 78.6 Å². The Morgan fingerprint density at radius 1 is 0.477 bits per heavy atom. The van der Waals surface area contributed by atoms with Crippen molar-refractivity contribution in [3.05, 3.63) is 35.9 Å². The summed E-state index contributed by atoms with van der Waals surface area (Å²) < 4.78 is 0. The van der Waals surface area contributed by atoms with Crippen molar-refractivity contribution in [2.45, 2.75) is 223 Å². The van der Waals surface area contributed by atoms with E-state index in [1.54, 1.807) is 65.1 Å². The lowest BCUT2D eigenvalue weighted by Crippen LogP contribution is -2.55. The third-order valence-corrected chi connectivity index (χ3v) is 21.6. The number of carbonyl (C=O) groups is 21. The minimum Gasteiger partial charge on any atom is -0.481 e. The number of ketones is 7. The first-order chi connectivity index (χ1) is 62.3. The van der Waals surface area contributed by atoms with Gasteiger partial charge in [-0.3, -0.25) is 122 Å². The number of aliphatic hydroxyl groups excluding tert-OH is 5. The highest BCUT2D eigenvalue weighted by Crippen LogP contribution is 2.25. The smallest absolute Gasteiger partial charge is 0.304 e. The molecule has 0 aliphatic carbocycles. The molecule has 1 aromatic carbocycles. The monoisotopic (exact) mass is 1890 g/mol. The fraction of sp³-hybridized carbons (Fsp3) is 0.663. The molecule has 1 heterocycles. The Labute approximate surface area is 768 Å². The first-order valence-corrected chi connectivity index (χ1v) is 43.9. The molecule has 742 valence electrons. The zero-order valence-corrected chi connectivity index (χ0v) is 75.9. The van der Waals surface area contributed by atoms with Crippen molar-refractivity contribution >= 4 is 142 Å². The SMILES string of the molecule is CC(C)C[C@H](NC(=O)[C@H](CO)CC(=O)[C@H](CO)NC(=O)[C@@H](N)CS)C(=O)C[C@@H](CC(=O)O)C(=O)N[C@@H](CCC(=O)O)C(=O)N1CCC[C@H]1C(=O)NCC(=O)C[C@@H](CCCN=C(N)N)C(=O)NCC(=O)CCC(=O)N[C@@H](Cc1ccccc1)C(=O)C[C@@H](CO)C(=O)N[C@@H](CO)C(=O)C[C@@H](CCC(=O)O)C(=O)N[C@@H](CO)C(=O)C[C@@H](CCCCN)C(=O)N[C@H](C(=O)NN)C(C)C.CNN. The number of amides is 11. The minimum atomic E-state index is -1.86. The van der Waals surface area contributed by atoms with Crippen LogP contribution in [0.2, 0.25) is 0 Å². The molecule has 1 fully saturated rings. The summed E-state index contributed by atoms with van der Waals surface area (Å²) in [5, 5.41) is 102. The summed E-state index contributed by atoms with van der Waals surface area (Å²) >= 11 is 3.92. The number of hydrazine groups is 2. The van der Waals surface area contributed by atoms with Crippen LogP contribution in [0.4, 0.5) is 0 Å². The van der Waals surface area contributed by atoms with Gasteiger partial charge in [0.25, 0.3) is 5.91 Å². The Morgan fingerprint density at radius 2 is 0.932 bits per heavy atom. The summed E-state index contributed by atoms with van der Waals surface area (Å²) in [5.74, 6) is -21.3. The Morgan fingerprint density at radius 3 is 1.42 bits per heavy atom. The normalized spacial score (nSPS) is 15.4. The van der Waals surface area contributed by atoms with Crippen LogP contribution in [0, 0.1) is 47.3 Å². The molecule has 49 heteroatoms. The maximum atomic E-state index is 14.4. The molecule has 0 spiro atoms. The second-order valence-electron chi connectivity index (χ2n) is 32.6. The van der Waals surface area contributed by atoms with Gasteiger partial charge in [0.1, 0.15) is 36.3 Å². The molecule has 1 aromatic rings. The van der Waals surface area contributed by atoms with Gasteiger partial charge in [0, 0.05) is 101 Å². The van der Waals surface area contributed by atoms with Crippen molar-refractivity contribution in [1.29, 1.82) is 0 Å². The molecule has 1 aliphatic heterocycles. The lowest BCUT2D eigenvalue weighted by atomic mass is 9.90.